The molecule has 0 radical (unpaired) electrons. The Hall–Kier alpha value is -0.355. The van der Waals surface area contributed by atoms with Crippen LogP contribution in [0.15, 0.2) is 11.5 Å². The smallest absolute Gasteiger partial charge is 0.400 e. The van der Waals surface area contributed by atoms with Crippen molar-refractivity contribution in [2.75, 3.05) is 13.7 Å². The Balaban J connectivity index is 2.07. The van der Waals surface area contributed by atoms with Gasteiger partial charge in [-0.25, -0.2) is 0 Å². The molecule has 5 heteroatoms. The molecule has 1 unspecified atom stereocenters. The molecule has 20 heavy (non-hydrogen) atoms. The van der Waals surface area contributed by atoms with Crippen LogP contribution in [-0.2, 0) is 18.8 Å². The summed E-state index contributed by atoms with van der Waals surface area (Å²) in [5.74, 6) is -0.470. The average molecular weight is 282 g/mol. The van der Waals surface area contributed by atoms with Gasteiger partial charge in [0.1, 0.15) is 0 Å². The van der Waals surface area contributed by atoms with E-state index < -0.39 is 5.79 Å². The van der Waals surface area contributed by atoms with Crippen LogP contribution in [0, 0.1) is 0 Å². The topological polar surface area (TPSA) is 36.9 Å². The van der Waals surface area contributed by atoms with Gasteiger partial charge in [0, 0.05) is 26.6 Å². The van der Waals surface area contributed by atoms with Crippen molar-refractivity contribution in [1.29, 1.82) is 0 Å². The van der Waals surface area contributed by atoms with Gasteiger partial charge < -0.3 is 18.8 Å². The highest BCUT2D eigenvalue weighted by Gasteiger charge is 2.53. The summed E-state index contributed by atoms with van der Waals surface area (Å²) >= 11 is 0. The van der Waals surface area contributed by atoms with Crippen LogP contribution >= 0.6 is 0 Å². The van der Waals surface area contributed by atoms with E-state index in [0.29, 0.717) is 6.61 Å². The molecule has 0 aromatic heterocycles. The Morgan fingerprint density at radius 3 is 2.20 bits per heavy atom. The molecule has 0 bridgehead atoms. The van der Waals surface area contributed by atoms with Gasteiger partial charge in [-0.3, -0.25) is 0 Å². The first-order chi connectivity index (χ1) is 9.25. The predicted octanol–water partition coefficient (Wildman–Crippen LogP) is 3.11. The molecule has 1 aliphatic carbocycles. The molecule has 0 N–H and O–H groups in total. The van der Waals surface area contributed by atoms with E-state index in [1.54, 1.807) is 7.11 Å². The highest BCUT2D eigenvalue weighted by molar-refractivity contribution is 6.54. The number of rotatable bonds is 4. The van der Waals surface area contributed by atoms with E-state index in [4.69, 9.17) is 18.8 Å². The van der Waals surface area contributed by atoms with Gasteiger partial charge >= 0.3 is 7.12 Å². The number of methoxy groups -OCH3 is 1. The summed E-state index contributed by atoms with van der Waals surface area (Å²) in [6, 6.07) is 0. The number of hydrogen-bond donors (Lipinski definition) is 0. The Labute approximate surface area is 122 Å². The fraction of sp³-hybridized carbons (Fsp3) is 0.867. The highest BCUT2D eigenvalue weighted by Crippen LogP contribution is 2.41. The molecular formula is C15H27BO4. The van der Waals surface area contributed by atoms with Gasteiger partial charge in [0.15, 0.2) is 5.79 Å². The van der Waals surface area contributed by atoms with Crippen molar-refractivity contribution in [2.24, 2.45) is 0 Å². The van der Waals surface area contributed by atoms with Crippen LogP contribution in [0.1, 0.15) is 53.9 Å². The molecule has 1 heterocycles. The van der Waals surface area contributed by atoms with Crippen LogP contribution in [0.5, 0.6) is 0 Å². The number of ether oxygens (including phenoxy) is 2. The maximum Gasteiger partial charge on any atom is 0.490 e. The summed E-state index contributed by atoms with van der Waals surface area (Å²) in [4.78, 5) is 0. The quantitative estimate of drug-likeness (QED) is 0.586. The van der Waals surface area contributed by atoms with Crippen LogP contribution in [0.3, 0.4) is 0 Å². The molecule has 0 amide bonds. The Morgan fingerprint density at radius 2 is 1.80 bits per heavy atom. The number of allylic oxidation sites excluding steroid dienone is 1. The van der Waals surface area contributed by atoms with Crippen molar-refractivity contribution >= 4 is 7.12 Å². The van der Waals surface area contributed by atoms with E-state index >= 15 is 0 Å². The molecule has 0 spiro atoms. The van der Waals surface area contributed by atoms with Gasteiger partial charge in [0.05, 0.1) is 11.2 Å². The minimum Gasteiger partial charge on any atom is -0.400 e. The minimum atomic E-state index is -0.470. The summed E-state index contributed by atoms with van der Waals surface area (Å²) in [5, 5.41) is 0. The van der Waals surface area contributed by atoms with Crippen molar-refractivity contribution in [3.05, 3.63) is 11.5 Å². The largest absolute Gasteiger partial charge is 0.490 e. The second-order valence-corrected chi connectivity index (χ2v) is 6.62. The van der Waals surface area contributed by atoms with Gasteiger partial charge in [-0.2, -0.15) is 0 Å². The minimum absolute atomic E-state index is 0.239. The van der Waals surface area contributed by atoms with E-state index in [1.165, 1.54) is 5.47 Å². The van der Waals surface area contributed by atoms with Crippen LogP contribution in [-0.4, -0.2) is 37.8 Å². The third-order valence-corrected chi connectivity index (χ3v) is 4.81. The maximum absolute atomic E-state index is 6.09. The standard InChI is InChI=1S/C15H27BO4/c1-7-18-15(17-6)10-8-12(9-11-15)16-19-13(2,3)14(4,5)20-16/h8H,7,9-11H2,1-6H3. The van der Waals surface area contributed by atoms with Gasteiger partial charge in [-0.15, -0.1) is 0 Å². The lowest BCUT2D eigenvalue weighted by Crippen LogP contribution is -2.41. The third-order valence-electron chi connectivity index (χ3n) is 4.81. The molecule has 0 aromatic rings. The van der Waals surface area contributed by atoms with Crippen molar-refractivity contribution in [3.8, 4) is 0 Å². The zero-order valence-electron chi connectivity index (χ0n) is 13.6. The summed E-state index contributed by atoms with van der Waals surface area (Å²) in [6.07, 6.45) is 4.62. The second-order valence-electron chi connectivity index (χ2n) is 6.62. The number of hydrogen-bond acceptors (Lipinski definition) is 4. The lowest BCUT2D eigenvalue weighted by molar-refractivity contribution is -0.223. The average Bonchev–Trinajstić information content (AvgIpc) is 2.59. The van der Waals surface area contributed by atoms with Crippen molar-refractivity contribution in [2.45, 2.75) is 70.9 Å². The zero-order valence-corrected chi connectivity index (χ0v) is 13.6. The molecule has 1 aliphatic heterocycles. The monoisotopic (exact) mass is 282 g/mol. The Morgan fingerprint density at radius 1 is 1.20 bits per heavy atom. The van der Waals surface area contributed by atoms with E-state index in [-0.39, 0.29) is 18.3 Å². The summed E-state index contributed by atoms with van der Waals surface area (Å²) in [6.45, 7) is 11.0. The predicted molar refractivity (Wildman–Crippen MR) is 79.4 cm³/mol. The summed E-state index contributed by atoms with van der Waals surface area (Å²) < 4.78 is 23.5. The van der Waals surface area contributed by atoms with Crippen molar-refractivity contribution < 1.29 is 18.8 Å². The fourth-order valence-electron chi connectivity index (χ4n) is 2.67. The van der Waals surface area contributed by atoms with Crippen LogP contribution in [0.4, 0.5) is 0 Å². The molecule has 1 atom stereocenters. The molecule has 4 nitrogen and oxygen atoms in total. The molecule has 0 saturated carbocycles. The van der Waals surface area contributed by atoms with Gasteiger partial charge in [0.2, 0.25) is 0 Å². The lowest BCUT2D eigenvalue weighted by atomic mass is 9.71. The van der Waals surface area contributed by atoms with E-state index in [2.05, 4.69) is 33.8 Å². The van der Waals surface area contributed by atoms with Crippen LogP contribution < -0.4 is 0 Å². The van der Waals surface area contributed by atoms with E-state index in [1.807, 2.05) is 6.92 Å². The second kappa shape index (κ2) is 5.45. The van der Waals surface area contributed by atoms with Crippen LogP contribution in [0.25, 0.3) is 0 Å². The normalized spacial score (nSPS) is 32.3. The first kappa shape index (κ1) is 16.0. The first-order valence-corrected chi connectivity index (χ1v) is 7.49. The fourth-order valence-corrected chi connectivity index (χ4v) is 2.67. The van der Waals surface area contributed by atoms with Crippen molar-refractivity contribution in [1.82, 2.24) is 0 Å². The van der Waals surface area contributed by atoms with Crippen LogP contribution in [0.2, 0.25) is 0 Å². The van der Waals surface area contributed by atoms with Gasteiger partial charge in [0.25, 0.3) is 0 Å². The van der Waals surface area contributed by atoms with Gasteiger partial charge in [-0.05, 0) is 46.5 Å². The molecule has 2 aliphatic rings. The first-order valence-electron chi connectivity index (χ1n) is 7.49. The molecular weight excluding hydrogens is 255 g/mol. The molecule has 1 fully saturated rings. The highest BCUT2D eigenvalue weighted by atomic mass is 16.7. The summed E-state index contributed by atoms with van der Waals surface area (Å²) in [5.41, 5.74) is 0.638. The van der Waals surface area contributed by atoms with E-state index in [9.17, 15) is 0 Å². The Bertz CT molecular complexity index is 375. The SMILES string of the molecule is CCOC1(OC)CC=C(B2OC(C)(C)C(C)(C)O2)CC1. The molecule has 1 saturated heterocycles. The molecule has 114 valence electrons. The molecule has 0 aromatic carbocycles. The molecule has 2 rings (SSSR count). The van der Waals surface area contributed by atoms with E-state index in [0.717, 1.165) is 19.3 Å². The lowest BCUT2D eigenvalue weighted by Gasteiger charge is -2.35. The third kappa shape index (κ3) is 2.82. The van der Waals surface area contributed by atoms with Gasteiger partial charge in [-0.1, -0.05) is 6.08 Å². The zero-order chi connectivity index (χ0) is 15.0. The maximum atomic E-state index is 6.09. The summed E-state index contributed by atoms with van der Waals surface area (Å²) in [7, 11) is 1.47. The Kier molecular flexibility index (Phi) is 4.36. The van der Waals surface area contributed by atoms with Crippen molar-refractivity contribution in [3.63, 3.8) is 0 Å².